The Bertz CT molecular complexity index is 749. The highest BCUT2D eigenvalue weighted by Gasteiger charge is 2.52. The van der Waals surface area contributed by atoms with E-state index in [9.17, 15) is 14.4 Å². The van der Waals surface area contributed by atoms with Gasteiger partial charge in [-0.3, -0.25) is 9.59 Å². The molecule has 3 amide bonds. The van der Waals surface area contributed by atoms with Crippen LogP contribution in [0.2, 0.25) is 0 Å². The number of hydrogen-bond acceptors (Lipinski definition) is 5. The third kappa shape index (κ3) is 5.76. The van der Waals surface area contributed by atoms with E-state index in [2.05, 4.69) is 16.0 Å². The molecule has 2 fully saturated rings. The van der Waals surface area contributed by atoms with Crippen LogP contribution in [0.25, 0.3) is 0 Å². The van der Waals surface area contributed by atoms with E-state index in [1.165, 1.54) is 0 Å². The molecule has 0 aliphatic carbocycles. The Labute approximate surface area is 184 Å². The lowest BCUT2D eigenvalue weighted by Gasteiger charge is -2.50. The number of ether oxygens (including phenoxy) is 1. The number of nitrogens with zero attached hydrogens (tertiary/aromatic N) is 1. The van der Waals surface area contributed by atoms with E-state index in [1.54, 1.807) is 0 Å². The maximum atomic E-state index is 13.1. The number of rotatable bonds is 9. The van der Waals surface area contributed by atoms with Crippen LogP contribution in [0.5, 0.6) is 0 Å². The van der Waals surface area contributed by atoms with Crippen molar-refractivity contribution in [3.8, 4) is 0 Å². The van der Waals surface area contributed by atoms with Gasteiger partial charge < -0.3 is 25.6 Å². The monoisotopic (exact) mass is 430 g/mol. The van der Waals surface area contributed by atoms with Gasteiger partial charge in [0.2, 0.25) is 11.8 Å². The number of benzene rings is 1. The van der Waals surface area contributed by atoms with Gasteiger partial charge in [0, 0.05) is 13.1 Å². The first kappa shape index (κ1) is 23.1. The van der Waals surface area contributed by atoms with E-state index < -0.39 is 17.7 Å². The molecule has 1 aromatic carbocycles. The summed E-state index contributed by atoms with van der Waals surface area (Å²) in [7, 11) is 0. The molecule has 170 valence electrons. The zero-order chi connectivity index (χ0) is 22.1. The first-order valence-electron chi connectivity index (χ1n) is 11.3. The highest BCUT2D eigenvalue weighted by atomic mass is 16.5. The fourth-order valence-corrected chi connectivity index (χ4v) is 4.39. The van der Waals surface area contributed by atoms with E-state index in [0.29, 0.717) is 38.8 Å². The lowest BCUT2D eigenvalue weighted by atomic mass is 9.82. The molecule has 1 atom stereocenters. The van der Waals surface area contributed by atoms with Crippen LogP contribution in [-0.2, 0) is 20.9 Å². The van der Waals surface area contributed by atoms with E-state index in [-0.39, 0.29) is 18.4 Å². The molecule has 1 unspecified atom stereocenters. The molecule has 2 heterocycles. The maximum absolute atomic E-state index is 13.1. The molecule has 1 spiro atoms. The number of unbranched alkanes of at least 4 members (excludes halogenated alkanes) is 1. The molecule has 1 aromatic rings. The Kier molecular flexibility index (Phi) is 8.28. The molecule has 0 radical (unpaired) electrons. The fraction of sp³-hybridized carbons (Fsp3) is 0.609. The second-order valence-corrected chi connectivity index (χ2v) is 8.28. The first-order valence-corrected chi connectivity index (χ1v) is 11.3. The molecular weight excluding hydrogens is 396 g/mol. The average Bonchev–Trinajstić information content (AvgIpc) is 2.80. The van der Waals surface area contributed by atoms with Crippen LogP contribution in [0.15, 0.2) is 30.3 Å². The van der Waals surface area contributed by atoms with Gasteiger partial charge in [0.05, 0.1) is 0 Å². The van der Waals surface area contributed by atoms with Crippen molar-refractivity contribution >= 4 is 17.9 Å². The molecule has 2 saturated heterocycles. The number of piperidine rings is 1. The number of nitrogens with one attached hydrogen (secondary N) is 3. The zero-order valence-corrected chi connectivity index (χ0v) is 18.3. The van der Waals surface area contributed by atoms with Crippen molar-refractivity contribution in [2.45, 2.75) is 63.6 Å². The molecule has 8 heteroatoms. The third-order valence-corrected chi connectivity index (χ3v) is 6.09. The molecule has 31 heavy (non-hydrogen) atoms. The van der Waals surface area contributed by atoms with Crippen molar-refractivity contribution in [1.82, 2.24) is 20.9 Å². The van der Waals surface area contributed by atoms with Gasteiger partial charge in [0.1, 0.15) is 18.2 Å². The summed E-state index contributed by atoms with van der Waals surface area (Å²) in [4.78, 5) is 39.7. The predicted molar refractivity (Wildman–Crippen MR) is 117 cm³/mol. The Morgan fingerprint density at radius 1 is 1.19 bits per heavy atom. The fourth-order valence-electron chi connectivity index (χ4n) is 4.39. The second-order valence-electron chi connectivity index (χ2n) is 8.28. The molecule has 3 N–H and O–H groups in total. The van der Waals surface area contributed by atoms with Crippen molar-refractivity contribution < 1.29 is 19.1 Å². The van der Waals surface area contributed by atoms with Crippen LogP contribution >= 0.6 is 0 Å². The number of hydrogen-bond donors (Lipinski definition) is 3. The molecule has 2 aliphatic heterocycles. The standard InChI is InChI=1S/C23H34N4O4/c1-2-16-27-20(28)19(26-21(29)23(27)11-14-24-15-12-23)10-6-7-13-25-22(30)31-17-18-8-4-3-5-9-18/h3-5,8-9,19,24H,2,6-7,10-17H2,1H3,(H,25,30)(H,26,29). The van der Waals surface area contributed by atoms with Crippen LogP contribution < -0.4 is 16.0 Å². The van der Waals surface area contributed by atoms with Crippen LogP contribution in [0.3, 0.4) is 0 Å². The number of amides is 3. The van der Waals surface area contributed by atoms with Gasteiger partial charge in [-0.1, -0.05) is 37.3 Å². The topological polar surface area (TPSA) is 99.8 Å². The molecule has 3 rings (SSSR count). The van der Waals surface area contributed by atoms with Gasteiger partial charge in [0.15, 0.2) is 0 Å². The smallest absolute Gasteiger partial charge is 0.407 e. The van der Waals surface area contributed by atoms with Gasteiger partial charge >= 0.3 is 6.09 Å². The largest absolute Gasteiger partial charge is 0.445 e. The van der Waals surface area contributed by atoms with Crippen LogP contribution in [0.4, 0.5) is 4.79 Å². The van der Waals surface area contributed by atoms with E-state index >= 15 is 0 Å². The molecule has 2 aliphatic rings. The maximum Gasteiger partial charge on any atom is 0.407 e. The minimum atomic E-state index is -0.696. The quantitative estimate of drug-likeness (QED) is 0.520. The van der Waals surface area contributed by atoms with Gasteiger partial charge in [-0.15, -0.1) is 0 Å². The van der Waals surface area contributed by atoms with Crippen LogP contribution in [0, 0.1) is 0 Å². The Hall–Kier alpha value is -2.61. The lowest BCUT2D eigenvalue weighted by molar-refractivity contribution is -0.159. The van der Waals surface area contributed by atoms with E-state index in [1.807, 2.05) is 42.2 Å². The summed E-state index contributed by atoms with van der Waals surface area (Å²) < 4.78 is 5.19. The Balaban J connectivity index is 1.40. The first-order chi connectivity index (χ1) is 15.1. The normalized spacial score (nSPS) is 20.4. The van der Waals surface area contributed by atoms with Crippen molar-refractivity contribution in [2.75, 3.05) is 26.2 Å². The van der Waals surface area contributed by atoms with E-state index in [0.717, 1.165) is 31.5 Å². The van der Waals surface area contributed by atoms with Gasteiger partial charge in [-0.2, -0.15) is 0 Å². The van der Waals surface area contributed by atoms with Crippen LogP contribution in [-0.4, -0.2) is 60.6 Å². The van der Waals surface area contributed by atoms with Crippen molar-refractivity contribution in [3.05, 3.63) is 35.9 Å². The second kappa shape index (κ2) is 11.1. The number of carbonyl (C=O) groups is 3. The highest BCUT2D eigenvalue weighted by Crippen LogP contribution is 2.31. The van der Waals surface area contributed by atoms with Crippen molar-refractivity contribution in [3.63, 3.8) is 0 Å². The zero-order valence-electron chi connectivity index (χ0n) is 18.3. The Morgan fingerprint density at radius 2 is 1.94 bits per heavy atom. The van der Waals surface area contributed by atoms with Crippen LogP contribution in [0.1, 0.15) is 51.0 Å². The Morgan fingerprint density at radius 3 is 2.65 bits per heavy atom. The average molecular weight is 431 g/mol. The summed E-state index contributed by atoms with van der Waals surface area (Å²) >= 11 is 0. The molecule has 0 aromatic heterocycles. The summed E-state index contributed by atoms with van der Waals surface area (Å²) in [6.45, 7) is 4.84. The number of piperazine rings is 1. The molecular formula is C23H34N4O4. The minimum absolute atomic E-state index is 0.0188. The number of carbonyl (C=O) groups excluding carboxylic acids is 3. The highest BCUT2D eigenvalue weighted by molar-refractivity contribution is 6.00. The van der Waals surface area contributed by atoms with Crippen molar-refractivity contribution in [1.29, 1.82) is 0 Å². The van der Waals surface area contributed by atoms with Crippen molar-refractivity contribution in [2.24, 2.45) is 0 Å². The summed E-state index contributed by atoms with van der Waals surface area (Å²) in [6, 6.07) is 9.03. The summed E-state index contributed by atoms with van der Waals surface area (Å²) in [5, 5.41) is 9.00. The minimum Gasteiger partial charge on any atom is -0.445 e. The van der Waals surface area contributed by atoms with E-state index in [4.69, 9.17) is 4.74 Å². The van der Waals surface area contributed by atoms with Gasteiger partial charge in [-0.05, 0) is 57.2 Å². The lowest BCUT2D eigenvalue weighted by Crippen LogP contribution is -2.72. The molecule has 8 nitrogen and oxygen atoms in total. The summed E-state index contributed by atoms with van der Waals surface area (Å²) in [5.41, 5.74) is 0.242. The third-order valence-electron chi connectivity index (χ3n) is 6.09. The predicted octanol–water partition coefficient (Wildman–Crippen LogP) is 1.94. The molecule has 0 saturated carbocycles. The van der Waals surface area contributed by atoms with Gasteiger partial charge in [0.25, 0.3) is 0 Å². The molecule has 0 bridgehead atoms. The SMILES string of the molecule is CCCN1C(=O)C(CCCCNC(=O)OCc2ccccc2)NC(=O)C12CCNCC2. The summed E-state index contributed by atoms with van der Waals surface area (Å²) in [6.07, 6.45) is 3.70. The summed E-state index contributed by atoms with van der Waals surface area (Å²) in [5.74, 6) is 0.00763. The van der Waals surface area contributed by atoms with Gasteiger partial charge in [-0.25, -0.2) is 4.79 Å². The number of alkyl carbamates (subject to hydrolysis) is 1.